The van der Waals surface area contributed by atoms with E-state index in [0.29, 0.717) is 6.54 Å². The third kappa shape index (κ3) is 5.18. The maximum atomic E-state index is 13.0. The van der Waals surface area contributed by atoms with E-state index < -0.39 is 24.0 Å². The fourth-order valence-corrected chi connectivity index (χ4v) is 2.78. The van der Waals surface area contributed by atoms with Gasteiger partial charge in [-0.05, 0) is 35.7 Å². The van der Waals surface area contributed by atoms with E-state index in [0.717, 1.165) is 22.4 Å². The Morgan fingerprint density at radius 2 is 1.75 bits per heavy atom. The maximum Gasteiger partial charge on any atom is 0.263 e. The van der Waals surface area contributed by atoms with Crippen LogP contribution in [0.2, 0.25) is 0 Å². The van der Waals surface area contributed by atoms with Crippen LogP contribution < -0.4 is 15.5 Å². The zero-order chi connectivity index (χ0) is 20.6. The molecule has 150 valence electrons. The van der Waals surface area contributed by atoms with E-state index in [9.17, 15) is 9.18 Å². The predicted molar refractivity (Wildman–Crippen MR) is 109 cm³/mol. The Morgan fingerprint density at radius 1 is 1.18 bits per heavy atom. The minimum Gasteiger partial charge on any atom is -0.497 e. The van der Waals surface area contributed by atoms with Crippen LogP contribution >= 0.6 is 0 Å². The third-order valence-electron chi connectivity index (χ3n) is 5.02. The SMILES string of the molecule is COc1ccc(-c2ccc(/C=C/CN[C@](C)(C(=O)NO)C(C)CF)cc2)cc1. The fraction of sp³-hybridized carbons (Fsp3) is 0.318. The molecule has 0 radical (unpaired) electrons. The van der Waals surface area contributed by atoms with Gasteiger partial charge in [-0.1, -0.05) is 55.5 Å². The molecular formula is C22H27FN2O3. The van der Waals surface area contributed by atoms with Gasteiger partial charge in [0.25, 0.3) is 5.91 Å². The minimum absolute atomic E-state index is 0.356. The van der Waals surface area contributed by atoms with E-state index in [-0.39, 0.29) is 0 Å². The summed E-state index contributed by atoms with van der Waals surface area (Å²) >= 11 is 0. The molecule has 0 saturated heterocycles. The first-order valence-corrected chi connectivity index (χ1v) is 9.11. The van der Waals surface area contributed by atoms with Crippen molar-refractivity contribution in [1.29, 1.82) is 0 Å². The summed E-state index contributed by atoms with van der Waals surface area (Å²) in [7, 11) is 1.64. The number of methoxy groups -OCH3 is 1. The normalized spacial score (nSPS) is 14.5. The second-order valence-electron chi connectivity index (χ2n) is 6.83. The van der Waals surface area contributed by atoms with Crippen LogP contribution in [-0.2, 0) is 4.79 Å². The molecule has 5 nitrogen and oxygen atoms in total. The average Bonchev–Trinajstić information content (AvgIpc) is 2.75. The smallest absolute Gasteiger partial charge is 0.263 e. The second kappa shape index (κ2) is 10.0. The molecule has 2 atom stereocenters. The first-order valence-electron chi connectivity index (χ1n) is 9.11. The van der Waals surface area contributed by atoms with Crippen molar-refractivity contribution in [2.24, 2.45) is 5.92 Å². The van der Waals surface area contributed by atoms with E-state index in [1.807, 2.05) is 60.7 Å². The van der Waals surface area contributed by atoms with E-state index in [1.165, 1.54) is 0 Å². The van der Waals surface area contributed by atoms with Crippen LogP contribution in [0.15, 0.2) is 54.6 Å². The fourth-order valence-electron chi connectivity index (χ4n) is 2.78. The van der Waals surface area contributed by atoms with Gasteiger partial charge in [-0.15, -0.1) is 0 Å². The van der Waals surface area contributed by atoms with Crippen molar-refractivity contribution < 1.29 is 19.1 Å². The topological polar surface area (TPSA) is 70.6 Å². The van der Waals surface area contributed by atoms with Crippen molar-refractivity contribution in [1.82, 2.24) is 10.8 Å². The van der Waals surface area contributed by atoms with E-state index in [2.05, 4.69) is 5.32 Å². The molecule has 28 heavy (non-hydrogen) atoms. The van der Waals surface area contributed by atoms with Crippen LogP contribution in [0.4, 0.5) is 4.39 Å². The number of amides is 1. The van der Waals surface area contributed by atoms with Crippen molar-refractivity contribution in [3.8, 4) is 16.9 Å². The molecular weight excluding hydrogens is 359 g/mol. The van der Waals surface area contributed by atoms with E-state index in [4.69, 9.17) is 9.94 Å². The third-order valence-corrected chi connectivity index (χ3v) is 5.02. The summed E-state index contributed by atoms with van der Waals surface area (Å²) in [6.07, 6.45) is 3.78. The number of alkyl halides is 1. The average molecular weight is 386 g/mol. The largest absolute Gasteiger partial charge is 0.497 e. The predicted octanol–water partition coefficient (Wildman–Crippen LogP) is 3.83. The lowest BCUT2D eigenvalue weighted by Crippen LogP contribution is -2.59. The number of hydroxylamine groups is 1. The molecule has 3 N–H and O–H groups in total. The molecule has 2 aromatic rings. The summed E-state index contributed by atoms with van der Waals surface area (Å²) in [6, 6.07) is 15.9. The van der Waals surface area contributed by atoms with Crippen LogP contribution in [0.25, 0.3) is 17.2 Å². The quantitative estimate of drug-likeness (QED) is 0.452. The Morgan fingerprint density at radius 3 is 2.25 bits per heavy atom. The molecule has 2 rings (SSSR count). The Balaban J connectivity index is 1.99. The lowest BCUT2D eigenvalue weighted by molar-refractivity contribution is -0.137. The number of carbonyl (C=O) groups excluding carboxylic acids is 1. The van der Waals surface area contributed by atoms with Gasteiger partial charge < -0.3 is 4.74 Å². The number of carbonyl (C=O) groups is 1. The maximum absolute atomic E-state index is 13.0. The molecule has 0 bridgehead atoms. The van der Waals surface area contributed by atoms with Gasteiger partial charge in [-0.25, -0.2) is 5.48 Å². The molecule has 0 aliphatic rings. The molecule has 0 aromatic heterocycles. The standard InChI is InChI=1S/C22H27FN2O3/c1-16(15-23)22(2,21(26)25-27)24-14-4-5-17-6-8-18(9-7-17)19-10-12-20(28-3)13-11-19/h4-13,16,24,27H,14-15H2,1-3H3,(H,25,26)/b5-4+/t16?,22-/m0/s1. The first-order chi connectivity index (χ1) is 13.4. The van der Waals surface area contributed by atoms with Crippen molar-refractivity contribution in [2.45, 2.75) is 19.4 Å². The van der Waals surface area contributed by atoms with Gasteiger partial charge in [0.1, 0.15) is 11.3 Å². The van der Waals surface area contributed by atoms with Gasteiger partial charge in [0.05, 0.1) is 13.8 Å². The molecule has 1 unspecified atom stereocenters. The number of benzene rings is 2. The van der Waals surface area contributed by atoms with Crippen molar-refractivity contribution in [2.75, 3.05) is 20.3 Å². The van der Waals surface area contributed by atoms with Crippen molar-refractivity contribution in [3.63, 3.8) is 0 Å². The van der Waals surface area contributed by atoms with Crippen LogP contribution in [0.5, 0.6) is 5.75 Å². The highest BCUT2D eigenvalue weighted by atomic mass is 19.1. The van der Waals surface area contributed by atoms with Crippen LogP contribution in [-0.4, -0.2) is 37.0 Å². The molecule has 1 amide bonds. The van der Waals surface area contributed by atoms with Crippen molar-refractivity contribution in [3.05, 3.63) is 60.2 Å². The minimum atomic E-state index is -1.20. The number of nitrogens with one attached hydrogen (secondary N) is 2. The first kappa shape index (κ1) is 21.6. The van der Waals surface area contributed by atoms with Gasteiger partial charge in [0, 0.05) is 12.5 Å². The zero-order valence-corrected chi connectivity index (χ0v) is 16.4. The molecule has 6 heteroatoms. The van der Waals surface area contributed by atoms with Crippen LogP contribution in [0.1, 0.15) is 19.4 Å². The van der Waals surface area contributed by atoms with Gasteiger partial charge >= 0.3 is 0 Å². The Hall–Kier alpha value is -2.70. The number of rotatable bonds is 9. The molecule has 0 spiro atoms. The highest BCUT2D eigenvalue weighted by Gasteiger charge is 2.38. The monoisotopic (exact) mass is 386 g/mol. The molecule has 2 aromatic carbocycles. The Labute approximate surface area is 165 Å². The highest BCUT2D eigenvalue weighted by Crippen LogP contribution is 2.23. The number of hydrogen-bond donors (Lipinski definition) is 3. The molecule has 0 fully saturated rings. The van der Waals surface area contributed by atoms with Gasteiger partial charge in [-0.2, -0.15) is 0 Å². The van der Waals surface area contributed by atoms with Gasteiger partial charge in [0.2, 0.25) is 0 Å². The summed E-state index contributed by atoms with van der Waals surface area (Å²) in [6.45, 7) is 2.87. The van der Waals surface area contributed by atoms with E-state index >= 15 is 0 Å². The van der Waals surface area contributed by atoms with Crippen LogP contribution in [0, 0.1) is 5.92 Å². The summed E-state index contributed by atoms with van der Waals surface area (Å²) in [4.78, 5) is 11.9. The zero-order valence-electron chi connectivity index (χ0n) is 16.4. The number of hydrogen-bond acceptors (Lipinski definition) is 4. The lowest BCUT2D eigenvalue weighted by atomic mass is 9.87. The molecule has 0 aliphatic heterocycles. The van der Waals surface area contributed by atoms with Crippen molar-refractivity contribution >= 4 is 12.0 Å². The Kier molecular flexibility index (Phi) is 7.72. The molecule has 0 saturated carbocycles. The number of halogens is 1. The van der Waals surface area contributed by atoms with Gasteiger partial charge in [0.15, 0.2) is 0 Å². The summed E-state index contributed by atoms with van der Waals surface area (Å²) < 4.78 is 18.2. The Bertz CT molecular complexity index is 790. The summed E-state index contributed by atoms with van der Waals surface area (Å²) in [5, 5.41) is 11.9. The highest BCUT2D eigenvalue weighted by molar-refractivity contribution is 5.85. The molecule has 0 heterocycles. The second-order valence-corrected chi connectivity index (χ2v) is 6.83. The van der Waals surface area contributed by atoms with Crippen LogP contribution in [0.3, 0.4) is 0 Å². The summed E-state index contributed by atoms with van der Waals surface area (Å²) in [5.74, 6) is -0.425. The van der Waals surface area contributed by atoms with Gasteiger partial charge in [-0.3, -0.25) is 19.7 Å². The lowest BCUT2D eigenvalue weighted by Gasteiger charge is -2.32. The van der Waals surface area contributed by atoms with E-state index in [1.54, 1.807) is 26.4 Å². The molecule has 0 aliphatic carbocycles. The number of ether oxygens (including phenoxy) is 1. The summed E-state index contributed by atoms with van der Waals surface area (Å²) in [5.41, 5.74) is 3.61.